The molecule has 0 radical (unpaired) electrons. The molecule has 3 aromatic rings. The van der Waals surface area contributed by atoms with Crippen LogP contribution in [0.4, 0.5) is 0 Å². The Morgan fingerprint density at radius 3 is 1.80 bits per heavy atom. The van der Waals surface area contributed by atoms with Crippen LogP contribution in [0.15, 0.2) is 65.8 Å². The highest BCUT2D eigenvalue weighted by atomic mass is 16.4. The van der Waals surface area contributed by atoms with Gasteiger partial charge in [0.15, 0.2) is 5.96 Å². The number of rotatable bonds is 33. The number of hydrogen-bond donors (Lipinski definition) is 15. The molecule has 26 nitrogen and oxygen atoms in total. The Hall–Kier alpha value is -8.13. The van der Waals surface area contributed by atoms with Gasteiger partial charge < -0.3 is 80.7 Å². The van der Waals surface area contributed by atoms with Gasteiger partial charge in [-0.05, 0) is 82.0 Å². The van der Waals surface area contributed by atoms with Crippen LogP contribution < -0.4 is 65.5 Å². The number of unbranched alkanes of at least 4 members (excludes halogenated alkanes) is 1. The zero-order valence-electron chi connectivity index (χ0n) is 43.2. The molecule has 0 aliphatic rings. The number of nitrogens with zero attached hydrogens (tertiary/aromatic N) is 1. The second-order valence-corrected chi connectivity index (χ2v) is 18.7. The zero-order chi connectivity index (χ0) is 56.5. The summed E-state index contributed by atoms with van der Waals surface area (Å²) in [7, 11) is 0. The summed E-state index contributed by atoms with van der Waals surface area (Å²) in [6, 6.07) is 4.84. The van der Waals surface area contributed by atoms with Gasteiger partial charge in [0, 0.05) is 36.5 Å². The number of carbonyl (C=O) groups is 10. The van der Waals surface area contributed by atoms with Gasteiger partial charge in [-0.15, -0.1) is 0 Å². The molecule has 0 aliphatic carbocycles. The highest BCUT2D eigenvalue weighted by molar-refractivity contribution is 5.98. The van der Waals surface area contributed by atoms with E-state index in [2.05, 4.69) is 52.5 Å². The highest BCUT2D eigenvalue weighted by Crippen LogP contribution is 2.20. The number of nitrogens with one attached hydrogen (secondary N) is 9. The van der Waals surface area contributed by atoms with Crippen molar-refractivity contribution in [3.63, 3.8) is 0 Å². The van der Waals surface area contributed by atoms with Crippen LogP contribution in [0.2, 0.25) is 0 Å². The molecule has 2 aromatic carbocycles. The van der Waals surface area contributed by atoms with Gasteiger partial charge in [-0.2, -0.15) is 0 Å². The lowest BCUT2D eigenvalue weighted by atomic mass is 10.0. The zero-order valence-corrected chi connectivity index (χ0v) is 43.2. The monoisotopic (exact) mass is 1060 g/mol. The van der Waals surface area contributed by atoms with Gasteiger partial charge in [-0.25, -0.2) is 4.79 Å². The predicted octanol–water partition coefficient (Wildman–Crippen LogP) is -2.38. The number of benzene rings is 2. The molecular weight excluding hydrogens is 989 g/mol. The summed E-state index contributed by atoms with van der Waals surface area (Å²) in [5.74, 6) is -9.93. The normalized spacial score (nSPS) is 14.2. The van der Waals surface area contributed by atoms with Crippen LogP contribution in [-0.2, 0) is 60.8 Å². The largest absolute Gasteiger partial charge is 0.481 e. The summed E-state index contributed by atoms with van der Waals surface area (Å²) < 4.78 is 0. The Bertz CT molecular complexity index is 2500. The number of guanidine groups is 1. The molecule has 0 unspecified atom stereocenters. The standard InChI is InChI=1S/C50H74N14O12/c1-27(2)21-36(59-40(65)26-57-44(70)34(60-42(68)28(3)52)18-12-20-55-50(53)54)46(72)63-38(23-31-25-56-33-16-9-8-15-32(31)33)45(71)58-29(4)43(69)62-37(22-30-13-6-5-7-14-30)47(73)64-39(24-41(66)67)48(74)61-35(49(75)76)17-10-11-19-51/h5-9,13-16,25,27-29,34-39,56H,10-12,17-24,26,51-52H2,1-4H3,(H,57,70)(H,58,71)(H,59,65)(H,60,68)(H,61,74)(H,62,69)(H,63,72)(H,64,73)(H,66,67)(H,75,76)(H4,53,54,55)/t28-,29-,34-,35-,36-,37-,38-,39-/m0/s1. The smallest absolute Gasteiger partial charge is 0.326 e. The van der Waals surface area contributed by atoms with Crippen molar-refractivity contribution in [3.8, 4) is 0 Å². The lowest BCUT2D eigenvalue weighted by molar-refractivity contribution is -0.144. The number of carboxylic acid groups (broad SMARTS) is 2. The van der Waals surface area contributed by atoms with Gasteiger partial charge >= 0.3 is 11.9 Å². The number of para-hydroxylation sites is 1. The molecule has 0 saturated heterocycles. The minimum Gasteiger partial charge on any atom is -0.481 e. The second kappa shape index (κ2) is 31.6. The number of aliphatic carboxylic acids is 2. The number of aromatic amines is 1. The fourth-order valence-corrected chi connectivity index (χ4v) is 7.73. The van der Waals surface area contributed by atoms with E-state index in [1.165, 1.54) is 13.8 Å². The summed E-state index contributed by atoms with van der Waals surface area (Å²) in [6.07, 6.45) is 1.67. The van der Waals surface area contributed by atoms with Crippen LogP contribution in [0.25, 0.3) is 10.9 Å². The van der Waals surface area contributed by atoms with E-state index in [0.717, 1.165) is 10.9 Å². The van der Waals surface area contributed by atoms with Crippen molar-refractivity contribution < 1.29 is 58.2 Å². The van der Waals surface area contributed by atoms with Crippen molar-refractivity contribution in [3.05, 3.63) is 71.9 Å². The molecule has 416 valence electrons. The molecule has 76 heavy (non-hydrogen) atoms. The van der Waals surface area contributed by atoms with Crippen LogP contribution in [0.3, 0.4) is 0 Å². The fraction of sp³-hybridized carbons (Fsp3) is 0.500. The van der Waals surface area contributed by atoms with Crippen molar-refractivity contribution in [2.45, 2.75) is 134 Å². The number of nitrogens with two attached hydrogens (primary N) is 4. The molecule has 3 rings (SSSR count). The van der Waals surface area contributed by atoms with Gasteiger partial charge in [-0.1, -0.05) is 62.4 Å². The first-order chi connectivity index (χ1) is 36.0. The lowest BCUT2D eigenvalue weighted by Gasteiger charge is -2.27. The summed E-state index contributed by atoms with van der Waals surface area (Å²) >= 11 is 0. The number of hydrogen-bond acceptors (Lipinski definition) is 13. The Morgan fingerprint density at radius 1 is 0.605 bits per heavy atom. The van der Waals surface area contributed by atoms with E-state index in [1.54, 1.807) is 68.6 Å². The van der Waals surface area contributed by atoms with Crippen LogP contribution in [0, 0.1) is 5.92 Å². The predicted molar refractivity (Wildman–Crippen MR) is 280 cm³/mol. The first-order valence-electron chi connectivity index (χ1n) is 24.9. The highest BCUT2D eigenvalue weighted by Gasteiger charge is 2.34. The van der Waals surface area contributed by atoms with Crippen molar-refractivity contribution in [1.29, 1.82) is 0 Å². The number of carbonyl (C=O) groups excluding carboxylic acids is 8. The molecule has 8 amide bonds. The van der Waals surface area contributed by atoms with E-state index in [4.69, 9.17) is 22.9 Å². The maximum absolute atomic E-state index is 14.3. The molecule has 0 saturated carbocycles. The molecular formula is C50H74N14O12. The van der Waals surface area contributed by atoms with E-state index in [9.17, 15) is 58.2 Å². The number of fused-ring (bicyclic) bond motifs is 1. The number of carboxylic acids is 2. The van der Waals surface area contributed by atoms with Crippen LogP contribution >= 0.6 is 0 Å². The SMILES string of the molecule is CC(C)C[C@H](NC(=O)CNC(=O)[C@H](CCCN=C(N)N)NC(=O)[C@H](C)N)C(=O)N[C@@H](Cc1c[nH]c2ccccc12)C(=O)N[C@@H](C)C(=O)N[C@@H](Cc1ccccc1)C(=O)N[C@@H](CC(=O)O)C(=O)N[C@@H](CCCCN)C(=O)O. The molecule has 0 bridgehead atoms. The van der Waals surface area contributed by atoms with E-state index in [-0.39, 0.29) is 63.5 Å². The number of amides is 8. The molecule has 0 spiro atoms. The number of aliphatic imine (C=N–C) groups is 1. The molecule has 1 aromatic heterocycles. The third-order valence-corrected chi connectivity index (χ3v) is 11.7. The molecule has 0 fully saturated rings. The molecule has 8 atom stereocenters. The molecule has 1 heterocycles. The van der Waals surface area contributed by atoms with Gasteiger partial charge in [0.2, 0.25) is 47.3 Å². The van der Waals surface area contributed by atoms with E-state index < -0.39 is 120 Å². The lowest BCUT2D eigenvalue weighted by Crippen LogP contribution is -2.60. The minimum atomic E-state index is -1.77. The topological polar surface area (TPSA) is 440 Å². The Kier molecular flexibility index (Phi) is 25.8. The van der Waals surface area contributed by atoms with Crippen LogP contribution in [0.1, 0.15) is 83.8 Å². The van der Waals surface area contributed by atoms with Crippen LogP contribution in [-0.4, -0.2) is 148 Å². The maximum Gasteiger partial charge on any atom is 0.326 e. The summed E-state index contributed by atoms with van der Waals surface area (Å²) in [5.41, 5.74) is 23.9. The Balaban J connectivity index is 1.86. The quantitative estimate of drug-likeness (QED) is 0.0172. The number of aromatic nitrogens is 1. The average molecular weight is 1060 g/mol. The minimum absolute atomic E-state index is 0.0173. The average Bonchev–Trinajstić information content (AvgIpc) is 3.77. The van der Waals surface area contributed by atoms with Crippen molar-refractivity contribution in [1.82, 2.24) is 47.5 Å². The van der Waals surface area contributed by atoms with Gasteiger partial charge in [0.05, 0.1) is 19.0 Å². The van der Waals surface area contributed by atoms with Gasteiger partial charge in [0.1, 0.15) is 42.3 Å². The van der Waals surface area contributed by atoms with Gasteiger partial charge in [-0.3, -0.25) is 48.1 Å². The summed E-state index contributed by atoms with van der Waals surface area (Å²) in [6.45, 7) is 6.17. The first-order valence-corrected chi connectivity index (χ1v) is 24.9. The molecule has 19 N–H and O–H groups in total. The third-order valence-electron chi connectivity index (χ3n) is 11.7. The molecule has 26 heteroatoms. The summed E-state index contributed by atoms with van der Waals surface area (Å²) in [4.78, 5) is 140. The van der Waals surface area contributed by atoms with Gasteiger partial charge in [0.25, 0.3) is 0 Å². The van der Waals surface area contributed by atoms with E-state index in [0.29, 0.717) is 24.0 Å². The Morgan fingerprint density at radius 2 is 1.17 bits per heavy atom. The molecule has 0 aliphatic heterocycles. The van der Waals surface area contributed by atoms with Crippen LogP contribution in [0.5, 0.6) is 0 Å². The fourth-order valence-electron chi connectivity index (χ4n) is 7.73. The van der Waals surface area contributed by atoms with Crippen molar-refractivity contribution >= 4 is 76.1 Å². The summed E-state index contributed by atoms with van der Waals surface area (Å²) in [5, 5.41) is 40.2. The van der Waals surface area contributed by atoms with Crippen molar-refractivity contribution in [2.24, 2.45) is 33.8 Å². The second-order valence-electron chi connectivity index (χ2n) is 18.7. The maximum atomic E-state index is 14.3. The number of H-pyrrole nitrogens is 1. The third kappa shape index (κ3) is 21.8. The van der Waals surface area contributed by atoms with E-state index >= 15 is 0 Å². The van der Waals surface area contributed by atoms with E-state index in [1.807, 2.05) is 6.07 Å². The first kappa shape index (κ1) is 62.2. The Labute approximate surface area is 439 Å². The van der Waals surface area contributed by atoms with Crippen molar-refractivity contribution in [2.75, 3.05) is 19.6 Å².